The predicted molar refractivity (Wildman–Crippen MR) is 128 cm³/mol. The van der Waals surface area contributed by atoms with E-state index in [2.05, 4.69) is 22.1 Å². The SMILES string of the molecule is C=C(C)CSc1nnc(S[C@H](C)C(=O)Nc2cccc(S(=O)(=O)N3CCCCC3)c2)s1. The predicted octanol–water partition coefficient (Wildman–Crippen LogP) is 4.50. The molecule has 3 rings (SSSR count). The molecule has 1 aliphatic rings. The molecule has 0 saturated carbocycles. The van der Waals surface area contributed by atoms with Crippen LogP contribution in [0.2, 0.25) is 0 Å². The molecule has 1 N–H and O–H groups in total. The van der Waals surface area contributed by atoms with Crippen LogP contribution in [-0.4, -0.2) is 52.9 Å². The number of nitrogens with one attached hydrogen (secondary N) is 1. The molecule has 1 aromatic heterocycles. The van der Waals surface area contributed by atoms with E-state index >= 15 is 0 Å². The third-order valence-corrected chi connectivity index (χ3v) is 9.90. The smallest absolute Gasteiger partial charge is 0.243 e. The van der Waals surface area contributed by atoms with Crippen molar-refractivity contribution >= 4 is 56.5 Å². The second-order valence-corrected chi connectivity index (χ2v) is 13.0. The summed E-state index contributed by atoms with van der Waals surface area (Å²) in [4.78, 5) is 12.9. The van der Waals surface area contributed by atoms with Gasteiger partial charge >= 0.3 is 0 Å². The summed E-state index contributed by atoms with van der Waals surface area (Å²) in [6.07, 6.45) is 2.81. The molecule has 31 heavy (non-hydrogen) atoms. The lowest BCUT2D eigenvalue weighted by molar-refractivity contribution is -0.115. The quantitative estimate of drug-likeness (QED) is 0.402. The number of thioether (sulfide) groups is 2. The minimum atomic E-state index is -3.55. The van der Waals surface area contributed by atoms with Gasteiger partial charge < -0.3 is 5.32 Å². The fourth-order valence-electron chi connectivity index (χ4n) is 2.93. The molecule has 0 radical (unpaired) electrons. The lowest BCUT2D eigenvalue weighted by atomic mass is 10.2. The summed E-state index contributed by atoms with van der Waals surface area (Å²) >= 11 is 4.35. The number of rotatable bonds is 9. The number of carbonyl (C=O) groups is 1. The van der Waals surface area contributed by atoms with Crippen molar-refractivity contribution in [1.29, 1.82) is 0 Å². The van der Waals surface area contributed by atoms with Crippen LogP contribution in [0.15, 0.2) is 50.0 Å². The Morgan fingerprint density at radius 1 is 1.26 bits per heavy atom. The fraction of sp³-hybridized carbons (Fsp3) is 0.450. The molecule has 1 saturated heterocycles. The summed E-state index contributed by atoms with van der Waals surface area (Å²) in [7, 11) is -3.55. The van der Waals surface area contributed by atoms with Crippen LogP contribution in [0, 0.1) is 0 Å². The average molecular weight is 499 g/mol. The number of nitrogens with zero attached hydrogens (tertiary/aromatic N) is 3. The Balaban J connectivity index is 1.61. The van der Waals surface area contributed by atoms with Crippen molar-refractivity contribution < 1.29 is 13.2 Å². The van der Waals surface area contributed by atoms with Crippen molar-refractivity contribution in [3.05, 3.63) is 36.4 Å². The Hall–Kier alpha value is -1.40. The molecular formula is C20H26N4O3S4. The third kappa shape index (κ3) is 6.79. The maximum atomic E-state index is 12.9. The van der Waals surface area contributed by atoms with Crippen LogP contribution >= 0.6 is 34.9 Å². The summed E-state index contributed by atoms with van der Waals surface area (Å²) in [5.74, 6) is 0.565. The molecule has 1 amide bonds. The van der Waals surface area contributed by atoms with Crippen LogP contribution in [0.25, 0.3) is 0 Å². The minimum Gasteiger partial charge on any atom is -0.325 e. The van der Waals surface area contributed by atoms with Gasteiger partial charge in [0, 0.05) is 24.5 Å². The third-order valence-electron chi connectivity index (χ3n) is 4.53. The zero-order valence-corrected chi connectivity index (χ0v) is 20.8. The lowest BCUT2D eigenvalue weighted by Crippen LogP contribution is -2.35. The largest absolute Gasteiger partial charge is 0.325 e. The van der Waals surface area contributed by atoms with Crippen molar-refractivity contribution in [1.82, 2.24) is 14.5 Å². The fourth-order valence-corrected chi connectivity index (χ4v) is 7.50. The summed E-state index contributed by atoms with van der Waals surface area (Å²) in [6, 6.07) is 6.45. The molecule has 1 aliphatic heterocycles. The molecule has 0 aliphatic carbocycles. The Morgan fingerprint density at radius 2 is 1.97 bits per heavy atom. The molecule has 0 spiro atoms. The van der Waals surface area contributed by atoms with Gasteiger partial charge in [-0.1, -0.05) is 59.5 Å². The molecule has 2 heterocycles. The molecule has 1 atom stereocenters. The van der Waals surface area contributed by atoms with Crippen LogP contribution in [0.1, 0.15) is 33.1 Å². The van der Waals surface area contributed by atoms with Gasteiger partial charge in [-0.25, -0.2) is 8.42 Å². The summed E-state index contributed by atoms with van der Waals surface area (Å²) in [5.41, 5.74) is 1.53. The first kappa shape index (κ1) is 24.2. The van der Waals surface area contributed by atoms with Crippen molar-refractivity contribution in [2.75, 3.05) is 24.2 Å². The van der Waals surface area contributed by atoms with Crippen molar-refractivity contribution in [3.63, 3.8) is 0 Å². The Bertz CT molecular complexity index is 1030. The molecule has 0 bridgehead atoms. The van der Waals surface area contributed by atoms with Crippen molar-refractivity contribution in [3.8, 4) is 0 Å². The Morgan fingerprint density at radius 3 is 2.68 bits per heavy atom. The highest BCUT2D eigenvalue weighted by atomic mass is 32.2. The lowest BCUT2D eigenvalue weighted by Gasteiger charge is -2.26. The molecular weight excluding hydrogens is 473 g/mol. The summed E-state index contributed by atoms with van der Waals surface area (Å²) < 4.78 is 28.9. The molecule has 168 valence electrons. The number of aromatic nitrogens is 2. The Kier molecular flexibility index (Phi) is 8.57. The molecule has 0 unspecified atom stereocenters. The number of piperidine rings is 1. The molecule has 2 aromatic rings. The van der Waals surface area contributed by atoms with E-state index in [1.165, 1.54) is 33.5 Å². The van der Waals surface area contributed by atoms with Crippen molar-refractivity contribution in [2.24, 2.45) is 0 Å². The van der Waals surface area contributed by atoms with E-state index in [1.807, 2.05) is 6.92 Å². The van der Waals surface area contributed by atoms with Gasteiger partial charge in [0.2, 0.25) is 15.9 Å². The number of anilines is 1. The van der Waals surface area contributed by atoms with Crippen LogP contribution < -0.4 is 5.32 Å². The van der Waals surface area contributed by atoms with Gasteiger partial charge in [-0.3, -0.25) is 4.79 Å². The normalized spacial score (nSPS) is 16.1. The molecule has 7 nitrogen and oxygen atoms in total. The number of hydrogen-bond acceptors (Lipinski definition) is 8. The van der Waals surface area contributed by atoms with Crippen LogP contribution in [0.3, 0.4) is 0 Å². The van der Waals surface area contributed by atoms with E-state index < -0.39 is 15.3 Å². The van der Waals surface area contributed by atoms with Gasteiger partial charge in [0.1, 0.15) is 0 Å². The first-order valence-corrected chi connectivity index (χ1v) is 14.1. The van der Waals surface area contributed by atoms with Gasteiger partial charge in [-0.15, -0.1) is 10.2 Å². The van der Waals surface area contributed by atoms with E-state index in [0.717, 1.165) is 34.9 Å². The van der Waals surface area contributed by atoms with E-state index in [9.17, 15) is 13.2 Å². The first-order chi connectivity index (χ1) is 14.8. The van der Waals surface area contributed by atoms with E-state index in [0.29, 0.717) is 23.1 Å². The van der Waals surface area contributed by atoms with E-state index in [4.69, 9.17) is 0 Å². The highest BCUT2D eigenvalue weighted by Gasteiger charge is 2.26. The zero-order chi connectivity index (χ0) is 22.4. The number of hydrogen-bond donors (Lipinski definition) is 1. The zero-order valence-electron chi connectivity index (χ0n) is 17.5. The molecule has 1 fully saturated rings. The van der Waals surface area contributed by atoms with Gasteiger partial charge in [0.15, 0.2) is 8.68 Å². The van der Waals surface area contributed by atoms with Gasteiger partial charge in [-0.2, -0.15) is 4.31 Å². The maximum absolute atomic E-state index is 12.9. The first-order valence-electron chi connectivity index (χ1n) is 9.94. The average Bonchev–Trinajstić information content (AvgIpc) is 3.20. The summed E-state index contributed by atoms with van der Waals surface area (Å²) in [5, 5.41) is 10.7. The molecule has 11 heteroatoms. The number of benzene rings is 1. The monoisotopic (exact) mass is 498 g/mol. The standard InChI is InChI=1S/C20H26N4O3S4/c1-14(2)13-28-19-22-23-20(30-19)29-15(3)18(25)21-16-8-7-9-17(12-16)31(26,27)24-10-5-4-6-11-24/h7-9,12,15H,1,4-6,10-11,13H2,2-3H3,(H,21,25)/t15-/m1/s1. The minimum absolute atomic E-state index is 0.204. The number of amides is 1. The van der Waals surface area contributed by atoms with Crippen molar-refractivity contribution in [2.45, 2.75) is 51.9 Å². The number of carbonyl (C=O) groups excluding carboxylic acids is 1. The van der Waals surface area contributed by atoms with Crippen LogP contribution in [0.5, 0.6) is 0 Å². The van der Waals surface area contributed by atoms with Gasteiger partial charge in [-0.05, 0) is 44.9 Å². The van der Waals surface area contributed by atoms with E-state index in [-0.39, 0.29) is 10.8 Å². The highest BCUT2D eigenvalue weighted by molar-refractivity contribution is 8.04. The van der Waals surface area contributed by atoms with Crippen LogP contribution in [0.4, 0.5) is 5.69 Å². The second-order valence-electron chi connectivity index (χ2n) is 7.32. The number of sulfonamides is 1. The maximum Gasteiger partial charge on any atom is 0.243 e. The van der Waals surface area contributed by atoms with Crippen LogP contribution in [-0.2, 0) is 14.8 Å². The summed E-state index contributed by atoms with van der Waals surface area (Å²) in [6.45, 7) is 8.71. The Labute approximate surface area is 196 Å². The molecule has 1 aromatic carbocycles. The van der Waals surface area contributed by atoms with Gasteiger partial charge in [0.25, 0.3) is 0 Å². The topological polar surface area (TPSA) is 92.3 Å². The van der Waals surface area contributed by atoms with Gasteiger partial charge in [0.05, 0.1) is 10.1 Å². The van der Waals surface area contributed by atoms with E-state index in [1.54, 1.807) is 36.9 Å². The highest BCUT2D eigenvalue weighted by Crippen LogP contribution is 2.32. The second kappa shape index (κ2) is 11.0.